The molecule has 2 rings (SSSR count). The van der Waals surface area contributed by atoms with Crippen LogP contribution in [0.2, 0.25) is 5.02 Å². The summed E-state index contributed by atoms with van der Waals surface area (Å²) in [4.78, 5) is 11.4. The summed E-state index contributed by atoms with van der Waals surface area (Å²) < 4.78 is 0. The summed E-state index contributed by atoms with van der Waals surface area (Å²) in [5.41, 5.74) is 2.44. The number of amides is 1. The Morgan fingerprint density at radius 2 is 2.23 bits per heavy atom. The SMILES string of the molecule is C/C=C1/C(=O)Nc2cc(Cl)ccc21. The van der Waals surface area contributed by atoms with Crippen molar-refractivity contribution in [3.8, 4) is 0 Å². The molecule has 0 saturated carbocycles. The van der Waals surface area contributed by atoms with E-state index in [9.17, 15) is 4.79 Å². The van der Waals surface area contributed by atoms with Crippen molar-refractivity contribution >= 4 is 28.8 Å². The zero-order valence-corrected chi connectivity index (χ0v) is 7.85. The Kier molecular flexibility index (Phi) is 1.85. The van der Waals surface area contributed by atoms with Crippen molar-refractivity contribution in [1.29, 1.82) is 0 Å². The summed E-state index contributed by atoms with van der Waals surface area (Å²) in [5.74, 6) is -0.0558. The lowest BCUT2D eigenvalue weighted by molar-refractivity contribution is -0.110. The van der Waals surface area contributed by atoms with Gasteiger partial charge in [0.15, 0.2) is 0 Å². The van der Waals surface area contributed by atoms with Crippen molar-refractivity contribution in [2.75, 3.05) is 5.32 Å². The molecule has 0 bridgehead atoms. The van der Waals surface area contributed by atoms with Gasteiger partial charge < -0.3 is 5.32 Å². The van der Waals surface area contributed by atoms with E-state index in [1.54, 1.807) is 18.2 Å². The zero-order valence-electron chi connectivity index (χ0n) is 7.10. The third-order valence-electron chi connectivity index (χ3n) is 2.05. The average molecular weight is 194 g/mol. The summed E-state index contributed by atoms with van der Waals surface area (Å²) in [6, 6.07) is 5.39. The van der Waals surface area contributed by atoms with Gasteiger partial charge in [-0.1, -0.05) is 23.7 Å². The highest BCUT2D eigenvalue weighted by Gasteiger charge is 2.22. The number of hydrogen-bond acceptors (Lipinski definition) is 1. The van der Waals surface area contributed by atoms with E-state index in [-0.39, 0.29) is 5.91 Å². The predicted molar refractivity (Wildman–Crippen MR) is 53.7 cm³/mol. The van der Waals surface area contributed by atoms with Crippen molar-refractivity contribution < 1.29 is 4.79 Å². The van der Waals surface area contributed by atoms with Crippen molar-refractivity contribution in [3.63, 3.8) is 0 Å². The third-order valence-corrected chi connectivity index (χ3v) is 2.29. The van der Waals surface area contributed by atoms with E-state index in [0.717, 1.165) is 11.3 Å². The van der Waals surface area contributed by atoms with Crippen LogP contribution in [-0.2, 0) is 4.79 Å². The first-order chi connectivity index (χ1) is 6.22. The molecule has 1 aliphatic rings. The second kappa shape index (κ2) is 2.89. The topological polar surface area (TPSA) is 29.1 Å². The van der Waals surface area contributed by atoms with Crippen LogP contribution in [0.4, 0.5) is 5.69 Å². The van der Waals surface area contributed by atoms with Crippen molar-refractivity contribution in [1.82, 2.24) is 0 Å². The lowest BCUT2D eigenvalue weighted by atomic mass is 10.1. The first-order valence-corrected chi connectivity index (χ1v) is 4.38. The van der Waals surface area contributed by atoms with E-state index in [1.165, 1.54) is 0 Å². The second-order valence-electron chi connectivity index (χ2n) is 2.85. The van der Waals surface area contributed by atoms with Crippen LogP contribution in [0.5, 0.6) is 0 Å². The summed E-state index contributed by atoms with van der Waals surface area (Å²) >= 11 is 5.79. The maximum Gasteiger partial charge on any atom is 0.256 e. The van der Waals surface area contributed by atoms with Gasteiger partial charge in [-0.05, 0) is 19.1 Å². The summed E-state index contributed by atoms with van der Waals surface area (Å²) in [7, 11) is 0. The maximum atomic E-state index is 11.4. The molecule has 0 saturated heterocycles. The van der Waals surface area contributed by atoms with Crippen LogP contribution >= 0.6 is 11.6 Å². The van der Waals surface area contributed by atoms with Gasteiger partial charge >= 0.3 is 0 Å². The number of hydrogen-bond donors (Lipinski definition) is 1. The Morgan fingerprint density at radius 1 is 1.46 bits per heavy atom. The standard InChI is InChI=1S/C10H8ClNO/c1-2-7-8-4-3-6(11)5-9(8)12-10(7)13/h2-5H,1H3,(H,12,13)/b7-2+. The Labute approximate surface area is 81.2 Å². The molecule has 0 aliphatic carbocycles. The third kappa shape index (κ3) is 1.23. The molecule has 1 aromatic carbocycles. The highest BCUT2D eigenvalue weighted by molar-refractivity contribution is 6.34. The molecule has 0 radical (unpaired) electrons. The number of halogens is 1. The van der Waals surface area contributed by atoms with Crippen molar-refractivity contribution in [2.45, 2.75) is 6.92 Å². The number of carbonyl (C=O) groups excluding carboxylic acids is 1. The number of allylic oxidation sites excluding steroid dienone is 1. The van der Waals surface area contributed by atoms with Gasteiger partial charge in [-0.25, -0.2) is 0 Å². The lowest BCUT2D eigenvalue weighted by Gasteiger charge is -1.97. The highest BCUT2D eigenvalue weighted by atomic mass is 35.5. The van der Waals surface area contributed by atoms with Gasteiger partial charge in [-0.3, -0.25) is 4.79 Å². The fourth-order valence-corrected chi connectivity index (χ4v) is 1.63. The van der Waals surface area contributed by atoms with Crippen LogP contribution in [0.25, 0.3) is 5.57 Å². The molecule has 0 atom stereocenters. The first-order valence-electron chi connectivity index (χ1n) is 4.00. The molecule has 1 amide bonds. The normalized spacial score (nSPS) is 17.4. The Morgan fingerprint density at radius 3 is 2.92 bits per heavy atom. The highest BCUT2D eigenvalue weighted by Crippen LogP contribution is 2.33. The Balaban J connectivity index is 2.61. The molecule has 1 aliphatic heterocycles. The lowest BCUT2D eigenvalue weighted by Crippen LogP contribution is -2.03. The van der Waals surface area contributed by atoms with Gasteiger partial charge in [-0.2, -0.15) is 0 Å². The molecule has 1 N–H and O–H groups in total. The quantitative estimate of drug-likeness (QED) is 0.631. The van der Waals surface area contributed by atoms with Crippen LogP contribution in [-0.4, -0.2) is 5.91 Å². The van der Waals surface area contributed by atoms with Gasteiger partial charge in [0.2, 0.25) is 0 Å². The fourth-order valence-electron chi connectivity index (χ4n) is 1.45. The van der Waals surface area contributed by atoms with E-state index in [1.807, 2.05) is 13.0 Å². The minimum atomic E-state index is -0.0558. The van der Waals surface area contributed by atoms with Gasteiger partial charge in [0.05, 0.1) is 5.69 Å². The molecular weight excluding hydrogens is 186 g/mol. The summed E-state index contributed by atoms with van der Waals surface area (Å²) in [6.07, 6.45) is 1.80. The van der Waals surface area contributed by atoms with Gasteiger partial charge in [0.25, 0.3) is 5.91 Å². The maximum absolute atomic E-state index is 11.4. The Hall–Kier alpha value is -1.28. The van der Waals surface area contributed by atoms with Crippen molar-refractivity contribution in [3.05, 3.63) is 34.9 Å². The second-order valence-corrected chi connectivity index (χ2v) is 3.28. The average Bonchev–Trinajstić information content (AvgIpc) is 2.39. The van der Waals surface area contributed by atoms with Crippen molar-refractivity contribution in [2.24, 2.45) is 0 Å². The first kappa shape index (κ1) is 8.32. The van der Waals surface area contributed by atoms with Gasteiger partial charge in [0.1, 0.15) is 0 Å². The van der Waals surface area contributed by atoms with Crippen LogP contribution < -0.4 is 5.32 Å². The molecule has 2 nitrogen and oxygen atoms in total. The van der Waals surface area contributed by atoms with Gasteiger partial charge in [-0.15, -0.1) is 0 Å². The van der Waals surface area contributed by atoms with Crippen LogP contribution in [0.3, 0.4) is 0 Å². The number of carbonyl (C=O) groups is 1. The van der Waals surface area contributed by atoms with Crippen LogP contribution in [0, 0.1) is 0 Å². The largest absolute Gasteiger partial charge is 0.321 e. The molecule has 0 aromatic heterocycles. The Bertz CT molecular complexity index is 409. The summed E-state index contributed by atoms with van der Waals surface area (Å²) in [6.45, 7) is 1.85. The van der Waals surface area contributed by atoms with Gasteiger partial charge in [0, 0.05) is 16.2 Å². The number of rotatable bonds is 0. The summed E-state index contributed by atoms with van der Waals surface area (Å²) in [5, 5.41) is 3.38. The molecule has 1 heterocycles. The molecule has 66 valence electrons. The van der Waals surface area contributed by atoms with Crippen LogP contribution in [0.1, 0.15) is 12.5 Å². The molecule has 13 heavy (non-hydrogen) atoms. The van der Waals surface area contributed by atoms with E-state index in [4.69, 9.17) is 11.6 Å². The molecular formula is C10H8ClNO. The molecule has 0 unspecified atom stereocenters. The van der Waals surface area contributed by atoms with E-state index >= 15 is 0 Å². The number of anilines is 1. The predicted octanol–water partition coefficient (Wildman–Crippen LogP) is 2.70. The van der Waals surface area contributed by atoms with E-state index in [0.29, 0.717) is 10.6 Å². The van der Waals surface area contributed by atoms with E-state index < -0.39 is 0 Å². The van der Waals surface area contributed by atoms with Crippen LogP contribution in [0.15, 0.2) is 24.3 Å². The minimum Gasteiger partial charge on any atom is -0.321 e. The monoisotopic (exact) mass is 193 g/mol. The number of benzene rings is 1. The fraction of sp³-hybridized carbons (Fsp3) is 0.100. The minimum absolute atomic E-state index is 0.0558. The molecule has 1 aromatic rings. The zero-order chi connectivity index (χ0) is 9.42. The molecule has 0 spiro atoms. The number of fused-ring (bicyclic) bond motifs is 1. The molecule has 3 heteroatoms. The molecule has 0 fully saturated rings. The number of nitrogens with one attached hydrogen (secondary N) is 1. The van der Waals surface area contributed by atoms with E-state index in [2.05, 4.69) is 5.32 Å². The smallest absolute Gasteiger partial charge is 0.256 e.